The molecule has 0 radical (unpaired) electrons. The van der Waals surface area contributed by atoms with Crippen LogP contribution < -0.4 is 0 Å². The Morgan fingerprint density at radius 1 is 1.38 bits per heavy atom. The summed E-state index contributed by atoms with van der Waals surface area (Å²) in [5.74, 6) is 0.329. The van der Waals surface area contributed by atoms with Gasteiger partial charge in [-0.2, -0.15) is 0 Å². The van der Waals surface area contributed by atoms with E-state index in [9.17, 15) is 4.79 Å². The first kappa shape index (κ1) is 14.4. The fourth-order valence-corrected chi connectivity index (χ4v) is 3.69. The summed E-state index contributed by atoms with van der Waals surface area (Å²) in [7, 11) is -1.68. The molecule has 1 saturated carbocycles. The van der Waals surface area contributed by atoms with Gasteiger partial charge in [0.1, 0.15) is 5.78 Å². The molecule has 0 aromatic rings. The smallest absolute Gasteiger partial charge is 0.192 e. The molecule has 2 nitrogen and oxygen atoms in total. The van der Waals surface area contributed by atoms with Crippen molar-refractivity contribution in [3.8, 4) is 0 Å². The van der Waals surface area contributed by atoms with Crippen molar-refractivity contribution in [2.45, 2.75) is 69.1 Å². The first-order valence-corrected chi connectivity index (χ1v) is 9.80. The lowest BCUT2D eigenvalue weighted by Gasteiger charge is -2.40. The number of hydrogen-bond donors (Lipinski definition) is 0. The highest BCUT2D eigenvalue weighted by molar-refractivity contribution is 9.10. The Kier molecular flexibility index (Phi) is 4.41. The van der Waals surface area contributed by atoms with Crippen molar-refractivity contribution in [3.63, 3.8) is 0 Å². The van der Waals surface area contributed by atoms with Crippen LogP contribution in [0.15, 0.2) is 0 Å². The SMILES string of the molecule is CC(C)(C)[Si](C)(C)O[C@H]1CCC(=O)[C@H](Br)C1. The molecule has 1 aliphatic carbocycles. The van der Waals surface area contributed by atoms with E-state index >= 15 is 0 Å². The van der Waals surface area contributed by atoms with Gasteiger partial charge in [-0.3, -0.25) is 4.79 Å². The summed E-state index contributed by atoms with van der Waals surface area (Å²) < 4.78 is 6.32. The van der Waals surface area contributed by atoms with Crippen molar-refractivity contribution in [2.24, 2.45) is 0 Å². The number of alkyl halides is 1. The van der Waals surface area contributed by atoms with Gasteiger partial charge >= 0.3 is 0 Å². The van der Waals surface area contributed by atoms with E-state index < -0.39 is 8.32 Å². The average Bonchev–Trinajstić information content (AvgIpc) is 2.09. The number of ketones is 1. The first-order chi connectivity index (χ1) is 7.13. The number of halogens is 1. The monoisotopic (exact) mass is 306 g/mol. The Balaban J connectivity index is 2.59. The second-order valence-corrected chi connectivity index (χ2v) is 12.1. The molecule has 4 heteroatoms. The zero-order chi connectivity index (χ0) is 12.6. The van der Waals surface area contributed by atoms with E-state index in [1.807, 2.05) is 0 Å². The normalized spacial score (nSPS) is 28.2. The molecule has 0 unspecified atom stereocenters. The van der Waals surface area contributed by atoms with Crippen molar-refractivity contribution in [3.05, 3.63) is 0 Å². The van der Waals surface area contributed by atoms with Crippen molar-refractivity contribution in [1.82, 2.24) is 0 Å². The van der Waals surface area contributed by atoms with Crippen LogP contribution in [0.2, 0.25) is 18.1 Å². The minimum atomic E-state index is -1.68. The lowest BCUT2D eigenvalue weighted by Crippen LogP contribution is -2.46. The van der Waals surface area contributed by atoms with E-state index in [0.717, 1.165) is 12.8 Å². The van der Waals surface area contributed by atoms with E-state index in [-0.39, 0.29) is 16.0 Å². The van der Waals surface area contributed by atoms with Crippen LogP contribution in [0.1, 0.15) is 40.0 Å². The first-order valence-electron chi connectivity index (χ1n) is 5.98. The summed E-state index contributed by atoms with van der Waals surface area (Å²) in [6.07, 6.45) is 2.66. The number of hydrogen-bond acceptors (Lipinski definition) is 2. The molecule has 1 fully saturated rings. The maximum absolute atomic E-state index is 11.4. The van der Waals surface area contributed by atoms with E-state index in [2.05, 4.69) is 49.8 Å². The van der Waals surface area contributed by atoms with Gasteiger partial charge in [0.25, 0.3) is 0 Å². The Labute approximate surface area is 108 Å². The van der Waals surface area contributed by atoms with E-state index in [0.29, 0.717) is 12.2 Å². The van der Waals surface area contributed by atoms with Gasteiger partial charge in [-0.15, -0.1) is 0 Å². The molecule has 1 rings (SSSR count). The Hall–Kier alpha value is 0.327. The molecule has 0 bridgehead atoms. The molecule has 2 atom stereocenters. The lowest BCUT2D eigenvalue weighted by atomic mass is 9.97. The number of Topliss-reactive ketones (excluding diaryl/α,β-unsaturated/α-hetero) is 1. The molecule has 1 aliphatic rings. The van der Waals surface area contributed by atoms with Gasteiger partial charge in [-0.05, 0) is 31.0 Å². The third-order valence-electron chi connectivity index (χ3n) is 3.80. The molecule has 0 aromatic carbocycles. The maximum atomic E-state index is 11.4. The Morgan fingerprint density at radius 2 is 1.94 bits per heavy atom. The van der Waals surface area contributed by atoms with Crippen LogP contribution in [0.3, 0.4) is 0 Å². The number of rotatable bonds is 2. The highest BCUT2D eigenvalue weighted by atomic mass is 79.9. The fourth-order valence-electron chi connectivity index (χ4n) is 1.64. The summed E-state index contributed by atoms with van der Waals surface area (Å²) >= 11 is 3.44. The topological polar surface area (TPSA) is 26.3 Å². The van der Waals surface area contributed by atoms with Gasteiger partial charge in [0.15, 0.2) is 8.32 Å². The molecule has 0 N–H and O–H groups in total. The molecule has 0 heterocycles. The molecule has 0 spiro atoms. The summed E-state index contributed by atoms with van der Waals surface area (Å²) in [6.45, 7) is 11.3. The molecule has 16 heavy (non-hydrogen) atoms. The third-order valence-corrected chi connectivity index (χ3v) is 9.22. The van der Waals surface area contributed by atoms with Crippen LogP contribution in [0.5, 0.6) is 0 Å². The predicted molar refractivity (Wildman–Crippen MR) is 73.6 cm³/mol. The molecule has 0 amide bonds. The van der Waals surface area contributed by atoms with Crippen LogP contribution in [-0.2, 0) is 9.22 Å². The fraction of sp³-hybridized carbons (Fsp3) is 0.917. The Bertz CT molecular complexity index is 271. The highest BCUT2D eigenvalue weighted by Gasteiger charge is 2.40. The second kappa shape index (κ2) is 4.90. The Morgan fingerprint density at radius 3 is 2.38 bits per heavy atom. The molecule has 0 aliphatic heterocycles. The van der Waals surface area contributed by atoms with Crippen molar-refractivity contribution < 1.29 is 9.22 Å². The quantitative estimate of drug-likeness (QED) is 0.571. The van der Waals surface area contributed by atoms with Crippen LogP contribution >= 0.6 is 15.9 Å². The summed E-state index contributed by atoms with van der Waals surface area (Å²) in [4.78, 5) is 11.4. The van der Waals surface area contributed by atoms with E-state index in [4.69, 9.17) is 4.43 Å². The van der Waals surface area contributed by atoms with Crippen molar-refractivity contribution in [2.75, 3.05) is 0 Å². The highest BCUT2D eigenvalue weighted by Crippen LogP contribution is 2.39. The van der Waals surface area contributed by atoms with Crippen LogP contribution in [-0.4, -0.2) is 25.0 Å². The largest absolute Gasteiger partial charge is 0.414 e. The van der Waals surface area contributed by atoms with Crippen LogP contribution in [0, 0.1) is 0 Å². The van der Waals surface area contributed by atoms with Gasteiger partial charge < -0.3 is 4.43 Å². The van der Waals surface area contributed by atoms with Gasteiger partial charge in [-0.25, -0.2) is 0 Å². The maximum Gasteiger partial charge on any atom is 0.192 e. The summed E-state index contributed by atoms with van der Waals surface area (Å²) in [6, 6.07) is 0. The van der Waals surface area contributed by atoms with Crippen molar-refractivity contribution in [1.29, 1.82) is 0 Å². The molecule has 0 saturated heterocycles. The van der Waals surface area contributed by atoms with Gasteiger partial charge in [-0.1, -0.05) is 36.7 Å². The molecular formula is C12H23BrO2Si. The minimum Gasteiger partial charge on any atom is -0.414 e. The minimum absolute atomic E-state index is 0.0102. The summed E-state index contributed by atoms with van der Waals surface area (Å²) in [5.41, 5.74) is 0. The lowest BCUT2D eigenvalue weighted by molar-refractivity contribution is -0.121. The molecular weight excluding hydrogens is 284 g/mol. The zero-order valence-electron chi connectivity index (χ0n) is 11.0. The molecule has 0 aromatic heterocycles. The van der Waals surface area contributed by atoms with E-state index in [1.54, 1.807) is 0 Å². The standard InChI is InChI=1S/C12H23BrO2Si/c1-12(2,3)16(4,5)15-9-6-7-11(14)10(13)8-9/h9-10H,6-8H2,1-5H3/t9-,10+/m0/s1. The van der Waals surface area contributed by atoms with Crippen LogP contribution in [0.25, 0.3) is 0 Å². The van der Waals surface area contributed by atoms with E-state index in [1.165, 1.54) is 0 Å². The van der Waals surface area contributed by atoms with Crippen molar-refractivity contribution >= 4 is 30.0 Å². The zero-order valence-corrected chi connectivity index (χ0v) is 13.6. The van der Waals surface area contributed by atoms with Gasteiger partial charge in [0, 0.05) is 12.5 Å². The van der Waals surface area contributed by atoms with Gasteiger partial charge in [0.2, 0.25) is 0 Å². The third kappa shape index (κ3) is 3.41. The number of carbonyl (C=O) groups is 1. The molecule has 94 valence electrons. The number of carbonyl (C=O) groups excluding carboxylic acids is 1. The average molecular weight is 307 g/mol. The predicted octanol–water partition coefficient (Wildman–Crippen LogP) is 3.89. The summed E-state index contributed by atoms with van der Waals surface area (Å²) in [5, 5.41) is 0.246. The second-order valence-electron chi connectivity index (χ2n) is 6.21. The van der Waals surface area contributed by atoms with Gasteiger partial charge in [0.05, 0.1) is 4.83 Å². The van der Waals surface area contributed by atoms with Crippen LogP contribution in [0.4, 0.5) is 0 Å².